The summed E-state index contributed by atoms with van der Waals surface area (Å²) in [4.78, 5) is 17.9. The second-order valence-electron chi connectivity index (χ2n) is 9.58. The smallest absolute Gasteiger partial charge is 0.443 e. The van der Waals surface area contributed by atoms with Gasteiger partial charge >= 0.3 is 12.2 Å². The van der Waals surface area contributed by atoms with Crippen LogP contribution in [-0.2, 0) is 11.6 Å². The van der Waals surface area contributed by atoms with Gasteiger partial charge in [-0.25, -0.2) is 14.2 Å². The first-order valence-corrected chi connectivity index (χ1v) is 12.9. The van der Waals surface area contributed by atoms with Crippen LogP contribution in [0.3, 0.4) is 0 Å². The Hall–Kier alpha value is -3.83. The number of phenolic OH excluding ortho intramolecular Hbond substituents is 1. The van der Waals surface area contributed by atoms with Crippen LogP contribution in [0.5, 0.6) is 5.75 Å². The zero-order chi connectivity index (χ0) is 28.1. The van der Waals surface area contributed by atoms with Gasteiger partial charge in [0.25, 0.3) is 0 Å². The van der Waals surface area contributed by atoms with E-state index in [1.165, 1.54) is 0 Å². The number of fused-ring (bicyclic) bond motifs is 1. The third-order valence-electron chi connectivity index (χ3n) is 6.30. The molecule has 39 heavy (non-hydrogen) atoms. The summed E-state index contributed by atoms with van der Waals surface area (Å²) in [5.74, 6) is -1.10. The highest BCUT2D eigenvalue weighted by Gasteiger charge is 2.42. The number of carbonyl (C=O) groups excluding carboxylic acids is 1. The third-order valence-corrected chi connectivity index (χ3v) is 7.44. The minimum absolute atomic E-state index is 0.240. The van der Waals surface area contributed by atoms with Gasteiger partial charge in [-0.15, -0.1) is 11.3 Å². The van der Waals surface area contributed by atoms with E-state index in [1.807, 2.05) is 13.8 Å². The maximum atomic E-state index is 15.3. The Kier molecular flexibility index (Phi) is 6.68. The predicted octanol–water partition coefficient (Wildman–Crippen LogP) is 8.40. The molecule has 12 heteroatoms. The van der Waals surface area contributed by atoms with E-state index in [-0.39, 0.29) is 11.6 Å². The lowest BCUT2D eigenvalue weighted by atomic mass is 9.81. The van der Waals surface area contributed by atoms with Crippen LogP contribution in [0.1, 0.15) is 24.4 Å². The largest absolute Gasteiger partial charge is 0.506 e. The van der Waals surface area contributed by atoms with Gasteiger partial charge in [0.1, 0.15) is 17.4 Å². The normalized spacial score (nSPS) is 14.3. The first-order chi connectivity index (χ1) is 18.3. The van der Waals surface area contributed by atoms with E-state index in [9.17, 15) is 23.1 Å². The van der Waals surface area contributed by atoms with Crippen molar-refractivity contribution in [2.75, 3.05) is 22.1 Å². The molecular weight excluding hydrogens is 556 g/mol. The molecule has 4 aromatic rings. The molecule has 1 aromatic heterocycles. The van der Waals surface area contributed by atoms with Crippen LogP contribution in [0.2, 0.25) is 5.02 Å². The second-order valence-corrected chi connectivity index (χ2v) is 10.9. The fraction of sp³-hybridized carbons (Fsp3) is 0.185. The van der Waals surface area contributed by atoms with Gasteiger partial charge in [0.2, 0.25) is 0 Å². The number of benzene rings is 3. The molecule has 202 valence electrons. The topological polar surface area (TPSA) is 77.5 Å². The lowest BCUT2D eigenvalue weighted by Gasteiger charge is -2.25. The summed E-state index contributed by atoms with van der Waals surface area (Å²) >= 11 is 6.41. The molecule has 0 saturated heterocycles. The van der Waals surface area contributed by atoms with E-state index >= 15 is 4.39 Å². The first kappa shape index (κ1) is 26.8. The summed E-state index contributed by atoms with van der Waals surface area (Å²) < 4.78 is 54.0. The van der Waals surface area contributed by atoms with Crippen LogP contribution >= 0.6 is 22.9 Å². The number of urea groups is 1. The number of carbonyl (C=O) groups is 1. The summed E-state index contributed by atoms with van der Waals surface area (Å²) in [5, 5.41) is 16.4. The molecule has 5 rings (SSSR count). The van der Waals surface area contributed by atoms with Crippen LogP contribution in [0.15, 0.2) is 60.0 Å². The number of hydrogen-bond donors (Lipinski definition) is 3. The van der Waals surface area contributed by atoms with Crippen molar-refractivity contribution in [3.05, 3.63) is 81.4 Å². The maximum absolute atomic E-state index is 15.3. The molecule has 1 aliphatic heterocycles. The molecule has 0 saturated carbocycles. The van der Waals surface area contributed by atoms with Gasteiger partial charge in [-0.3, -0.25) is 5.32 Å². The molecule has 0 fully saturated rings. The number of alkyl halides is 3. The summed E-state index contributed by atoms with van der Waals surface area (Å²) in [6.45, 7) is 4.18. The third kappa shape index (κ3) is 5.11. The predicted molar refractivity (Wildman–Crippen MR) is 145 cm³/mol. The zero-order valence-corrected chi connectivity index (χ0v) is 22.1. The number of phenols is 1. The van der Waals surface area contributed by atoms with Gasteiger partial charge in [-0.05, 0) is 35.4 Å². The summed E-state index contributed by atoms with van der Waals surface area (Å²) in [6.07, 6.45) is -4.62. The summed E-state index contributed by atoms with van der Waals surface area (Å²) in [7, 11) is 0. The fourth-order valence-corrected chi connectivity index (χ4v) is 5.51. The highest BCUT2D eigenvalue weighted by atomic mass is 35.5. The fourth-order valence-electron chi connectivity index (χ4n) is 4.76. The monoisotopic (exact) mass is 576 g/mol. The van der Waals surface area contributed by atoms with Crippen molar-refractivity contribution in [3.63, 3.8) is 0 Å². The molecule has 2 amide bonds. The first-order valence-electron chi connectivity index (χ1n) is 11.6. The molecular formula is C27H21ClF4N4O2S. The molecule has 6 nitrogen and oxygen atoms in total. The molecule has 2 heterocycles. The molecule has 0 aliphatic carbocycles. The van der Waals surface area contributed by atoms with Crippen LogP contribution in [0.25, 0.3) is 11.1 Å². The molecule has 1 aliphatic rings. The van der Waals surface area contributed by atoms with E-state index in [4.69, 9.17) is 11.6 Å². The average Bonchev–Trinajstić information content (AvgIpc) is 3.43. The highest BCUT2D eigenvalue weighted by Crippen LogP contribution is 2.54. The number of amides is 2. The highest BCUT2D eigenvalue weighted by molar-refractivity contribution is 7.10. The molecule has 0 unspecified atom stereocenters. The van der Waals surface area contributed by atoms with Crippen LogP contribution in [0, 0.1) is 5.82 Å². The Bertz CT molecular complexity index is 1570. The number of hydrogen-bond acceptors (Lipinski definition) is 5. The number of para-hydroxylation sites is 2. The molecule has 0 atom stereocenters. The Labute approximate surface area is 229 Å². The van der Waals surface area contributed by atoms with Crippen LogP contribution < -0.4 is 15.5 Å². The number of halogens is 5. The Balaban J connectivity index is 1.52. The number of thiazole rings is 1. The number of nitrogens with one attached hydrogen (secondary N) is 2. The molecule has 0 bridgehead atoms. The van der Waals surface area contributed by atoms with Gasteiger partial charge in [0.05, 0.1) is 17.1 Å². The number of anilines is 4. The minimum Gasteiger partial charge on any atom is -0.506 e. The quantitative estimate of drug-likeness (QED) is 0.213. The number of aromatic nitrogens is 1. The standard InChI is InChI=1S/C27H21ClF4N4O2S/c1-26(2)13-36(23-19(37)11-16(29)21(22(23)26)14-7-9-15(28)10-8-14)18-6-4-3-5-17(18)33-25(38)35-20-12-39-24(34-20)27(30,31)32/h3-12,37H,13H2,1-2H3,(H2,33,35,38). The van der Waals surface area contributed by atoms with E-state index in [1.54, 1.807) is 53.4 Å². The Morgan fingerprint density at radius 3 is 2.49 bits per heavy atom. The van der Waals surface area contributed by atoms with Gasteiger partial charge in [-0.1, -0.05) is 49.7 Å². The second kappa shape index (κ2) is 9.73. The van der Waals surface area contributed by atoms with Gasteiger partial charge in [0.15, 0.2) is 5.01 Å². The van der Waals surface area contributed by atoms with Crippen molar-refractivity contribution < 1.29 is 27.5 Å². The van der Waals surface area contributed by atoms with Crippen LogP contribution in [0.4, 0.5) is 45.2 Å². The van der Waals surface area contributed by atoms with Gasteiger partial charge < -0.3 is 15.3 Å². The molecule has 3 N–H and O–H groups in total. The van der Waals surface area contributed by atoms with Crippen molar-refractivity contribution in [1.29, 1.82) is 0 Å². The van der Waals surface area contributed by atoms with Crippen molar-refractivity contribution >= 4 is 51.8 Å². The van der Waals surface area contributed by atoms with E-state index in [0.29, 0.717) is 56.7 Å². The summed E-state index contributed by atoms with van der Waals surface area (Å²) in [5.41, 5.74) is 2.08. The number of aromatic hydroxyl groups is 1. The van der Waals surface area contributed by atoms with E-state index < -0.39 is 28.4 Å². The summed E-state index contributed by atoms with van der Waals surface area (Å²) in [6, 6.07) is 13.7. The van der Waals surface area contributed by atoms with Crippen molar-refractivity contribution in [3.8, 4) is 16.9 Å². The molecule has 0 spiro atoms. The minimum atomic E-state index is -4.62. The average molecular weight is 577 g/mol. The Morgan fingerprint density at radius 1 is 1.13 bits per heavy atom. The van der Waals surface area contributed by atoms with Crippen LogP contribution in [-0.4, -0.2) is 22.7 Å². The molecule has 0 radical (unpaired) electrons. The Morgan fingerprint density at radius 2 is 1.82 bits per heavy atom. The van der Waals surface area contributed by atoms with E-state index in [2.05, 4.69) is 15.6 Å². The van der Waals surface area contributed by atoms with Crippen molar-refractivity contribution in [2.24, 2.45) is 0 Å². The van der Waals surface area contributed by atoms with Crippen molar-refractivity contribution in [1.82, 2.24) is 4.98 Å². The molecule has 3 aromatic carbocycles. The lowest BCUT2D eigenvalue weighted by molar-refractivity contribution is -0.137. The lowest BCUT2D eigenvalue weighted by Crippen LogP contribution is -2.27. The number of nitrogens with zero attached hydrogens (tertiary/aromatic N) is 2. The van der Waals surface area contributed by atoms with Gasteiger partial charge in [0, 0.05) is 34.0 Å². The van der Waals surface area contributed by atoms with Crippen molar-refractivity contribution in [2.45, 2.75) is 25.4 Å². The number of rotatable bonds is 4. The zero-order valence-electron chi connectivity index (χ0n) is 20.5. The maximum Gasteiger partial charge on any atom is 0.443 e. The SMILES string of the molecule is CC1(C)CN(c2ccccc2NC(=O)Nc2csc(C(F)(F)F)n2)c2c(O)cc(F)c(-c3ccc(Cl)cc3)c21. The van der Waals surface area contributed by atoms with Gasteiger partial charge in [-0.2, -0.15) is 13.2 Å². The van der Waals surface area contributed by atoms with E-state index in [0.717, 1.165) is 11.4 Å².